The van der Waals surface area contributed by atoms with Crippen molar-refractivity contribution in [2.24, 2.45) is 0 Å². The molecule has 0 aliphatic heterocycles. The molecule has 0 bridgehead atoms. The lowest BCUT2D eigenvalue weighted by atomic mass is 9.91. The molecule has 0 radical (unpaired) electrons. The van der Waals surface area contributed by atoms with Crippen molar-refractivity contribution in [1.29, 1.82) is 0 Å². The first kappa shape index (κ1) is 10.9. The number of aliphatic hydroxyl groups is 1. The van der Waals surface area contributed by atoms with Gasteiger partial charge in [0.2, 0.25) is 5.88 Å². The van der Waals surface area contributed by atoms with E-state index in [2.05, 4.69) is 4.98 Å². The molecule has 1 unspecified atom stereocenters. The maximum Gasteiger partial charge on any atom is 0.333 e. The first-order chi connectivity index (χ1) is 7.60. The Labute approximate surface area is 92.7 Å². The van der Waals surface area contributed by atoms with Gasteiger partial charge < -0.3 is 14.9 Å². The number of aliphatic hydroxyl groups excluding tert-OH is 1. The summed E-state index contributed by atoms with van der Waals surface area (Å²) in [5.41, 5.74) is 0.105. The smallest absolute Gasteiger partial charge is 0.333 e. The minimum atomic E-state index is -1.36. The van der Waals surface area contributed by atoms with Crippen LogP contribution < -0.4 is 4.74 Å². The third kappa shape index (κ3) is 1.63. The number of carboxylic acids is 1. The minimum Gasteiger partial charge on any atom is -0.481 e. The van der Waals surface area contributed by atoms with Crippen molar-refractivity contribution < 1.29 is 19.7 Å². The van der Waals surface area contributed by atoms with Gasteiger partial charge in [-0.2, -0.15) is 0 Å². The fourth-order valence-corrected chi connectivity index (χ4v) is 1.89. The Kier molecular flexibility index (Phi) is 2.55. The molecule has 0 saturated heterocycles. The zero-order chi connectivity index (χ0) is 11.8. The highest BCUT2D eigenvalue weighted by Gasteiger charge is 2.53. The highest BCUT2D eigenvalue weighted by atomic mass is 16.5. The predicted molar refractivity (Wildman–Crippen MR) is 55.3 cm³/mol. The van der Waals surface area contributed by atoms with Crippen LogP contribution in [0, 0.1) is 0 Å². The van der Waals surface area contributed by atoms with Crippen molar-refractivity contribution >= 4 is 5.97 Å². The monoisotopic (exact) mass is 223 g/mol. The quantitative estimate of drug-likeness (QED) is 0.780. The largest absolute Gasteiger partial charge is 0.481 e. The highest BCUT2D eigenvalue weighted by molar-refractivity contribution is 5.75. The third-order valence-electron chi connectivity index (χ3n) is 3.07. The molecular weight excluding hydrogens is 210 g/mol. The SMILES string of the molecule is COc1ccc(C2(C(O)C(=O)O)CC2)cn1. The van der Waals surface area contributed by atoms with Crippen molar-refractivity contribution in [2.75, 3.05) is 7.11 Å². The summed E-state index contributed by atoms with van der Waals surface area (Å²) in [4.78, 5) is 14.8. The number of hydrogen-bond donors (Lipinski definition) is 2. The Balaban J connectivity index is 2.26. The fraction of sp³-hybridized carbons (Fsp3) is 0.455. The summed E-state index contributed by atoms with van der Waals surface area (Å²) in [6, 6.07) is 3.43. The average molecular weight is 223 g/mol. The van der Waals surface area contributed by atoms with Gasteiger partial charge in [0.05, 0.1) is 7.11 Å². The molecule has 1 atom stereocenters. The lowest BCUT2D eigenvalue weighted by molar-refractivity contribution is -0.148. The molecule has 1 aliphatic carbocycles. The van der Waals surface area contributed by atoms with Gasteiger partial charge in [-0.1, -0.05) is 6.07 Å². The Morgan fingerprint density at radius 1 is 1.56 bits per heavy atom. The van der Waals surface area contributed by atoms with Gasteiger partial charge >= 0.3 is 5.97 Å². The average Bonchev–Trinajstić information content (AvgIpc) is 3.09. The summed E-state index contributed by atoms with van der Waals surface area (Å²) in [6.45, 7) is 0. The van der Waals surface area contributed by atoms with Crippen LogP contribution in [0.15, 0.2) is 18.3 Å². The van der Waals surface area contributed by atoms with E-state index in [1.54, 1.807) is 18.3 Å². The molecule has 0 amide bonds. The number of carbonyl (C=O) groups is 1. The number of rotatable bonds is 4. The highest BCUT2D eigenvalue weighted by Crippen LogP contribution is 2.51. The van der Waals surface area contributed by atoms with Crippen LogP contribution in [0.3, 0.4) is 0 Å². The van der Waals surface area contributed by atoms with Gasteiger partial charge in [-0.25, -0.2) is 9.78 Å². The molecular formula is C11H13NO4. The zero-order valence-corrected chi connectivity index (χ0v) is 8.88. The molecule has 16 heavy (non-hydrogen) atoms. The minimum absolute atomic E-state index is 0.476. The molecule has 1 saturated carbocycles. The zero-order valence-electron chi connectivity index (χ0n) is 8.88. The summed E-state index contributed by atoms with van der Waals surface area (Å²) in [5.74, 6) is -0.710. The van der Waals surface area contributed by atoms with Crippen molar-refractivity contribution in [2.45, 2.75) is 24.4 Å². The van der Waals surface area contributed by atoms with Gasteiger partial charge in [0, 0.05) is 17.7 Å². The van der Waals surface area contributed by atoms with E-state index in [0.717, 1.165) is 5.56 Å². The molecule has 2 N–H and O–H groups in total. The number of pyridine rings is 1. The van der Waals surface area contributed by atoms with Crippen molar-refractivity contribution in [3.05, 3.63) is 23.9 Å². The molecule has 0 aromatic carbocycles. The number of aromatic nitrogens is 1. The predicted octanol–water partition coefficient (Wildman–Crippen LogP) is 0.567. The van der Waals surface area contributed by atoms with Crippen molar-refractivity contribution in [1.82, 2.24) is 4.98 Å². The van der Waals surface area contributed by atoms with Crippen LogP contribution in [0.4, 0.5) is 0 Å². The van der Waals surface area contributed by atoms with E-state index >= 15 is 0 Å². The Morgan fingerprint density at radius 3 is 2.62 bits per heavy atom. The topological polar surface area (TPSA) is 79.7 Å². The number of hydrogen-bond acceptors (Lipinski definition) is 4. The normalized spacial score (nSPS) is 18.9. The van der Waals surface area contributed by atoms with Gasteiger partial charge in [0.1, 0.15) is 0 Å². The first-order valence-corrected chi connectivity index (χ1v) is 5.01. The molecule has 5 nitrogen and oxygen atoms in total. The third-order valence-corrected chi connectivity index (χ3v) is 3.07. The lowest BCUT2D eigenvalue weighted by Crippen LogP contribution is -2.33. The van der Waals surface area contributed by atoms with E-state index in [-0.39, 0.29) is 0 Å². The second kappa shape index (κ2) is 3.75. The van der Waals surface area contributed by atoms with Crippen molar-refractivity contribution in [3.8, 4) is 5.88 Å². The molecule has 2 rings (SSSR count). The van der Waals surface area contributed by atoms with Crippen LogP contribution in [0.2, 0.25) is 0 Å². The molecule has 1 aromatic rings. The lowest BCUT2D eigenvalue weighted by Gasteiger charge is -2.18. The molecule has 0 spiro atoms. The maximum atomic E-state index is 10.8. The number of aliphatic carboxylic acids is 1. The number of carboxylic acid groups (broad SMARTS) is 1. The van der Waals surface area contributed by atoms with Crippen LogP contribution in [0.1, 0.15) is 18.4 Å². The Bertz CT molecular complexity index is 397. The molecule has 86 valence electrons. The second-order valence-electron chi connectivity index (χ2n) is 3.99. The van der Waals surface area contributed by atoms with Crippen molar-refractivity contribution in [3.63, 3.8) is 0 Å². The summed E-state index contributed by atoms with van der Waals surface area (Å²) in [5, 5.41) is 18.5. The van der Waals surface area contributed by atoms with Crippen LogP contribution in [0.25, 0.3) is 0 Å². The van der Waals surface area contributed by atoms with Crippen LogP contribution in [0.5, 0.6) is 5.88 Å². The van der Waals surface area contributed by atoms with Gasteiger partial charge in [-0.05, 0) is 18.4 Å². The molecule has 5 heteroatoms. The number of methoxy groups -OCH3 is 1. The number of ether oxygens (including phenoxy) is 1. The summed E-state index contributed by atoms with van der Waals surface area (Å²) < 4.78 is 4.92. The van der Waals surface area contributed by atoms with E-state index < -0.39 is 17.5 Å². The van der Waals surface area contributed by atoms with Gasteiger partial charge in [0.15, 0.2) is 6.10 Å². The summed E-state index contributed by atoms with van der Waals surface area (Å²) in [7, 11) is 1.51. The van der Waals surface area contributed by atoms with Crippen LogP contribution >= 0.6 is 0 Å². The van der Waals surface area contributed by atoms with E-state index in [0.29, 0.717) is 18.7 Å². The molecule has 1 fully saturated rings. The summed E-state index contributed by atoms with van der Waals surface area (Å²) >= 11 is 0. The van der Waals surface area contributed by atoms with E-state index in [9.17, 15) is 9.90 Å². The number of nitrogens with zero attached hydrogens (tertiary/aromatic N) is 1. The van der Waals surface area contributed by atoms with E-state index in [4.69, 9.17) is 9.84 Å². The molecule has 1 aliphatic rings. The second-order valence-corrected chi connectivity index (χ2v) is 3.99. The maximum absolute atomic E-state index is 10.8. The first-order valence-electron chi connectivity index (χ1n) is 5.01. The van der Waals surface area contributed by atoms with Gasteiger partial charge in [0.25, 0.3) is 0 Å². The Hall–Kier alpha value is -1.62. The van der Waals surface area contributed by atoms with E-state index in [1.165, 1.54) is 7.11 Å². The Morgan fingerprint density at radius 2 is 2.25 bits per heavy atom. The van der Waals surface area contributed by atoms with Gasteiger partial charge in [-0.15, -0.1) is 0 Å². The fourth-order valence-electron chi connectivity index (χ4n) is 1.89. The van der Waals surface area contributed by atoms with Crippen LogP contribution in [-0.2, 0) is 10.2 Å². The summed E-state index contributed by atoms with van der Waals surface area (Å²) in [6.07, 6.45) is 1.56. The molecule has 1 heterocycles. The van der Waals surface area contributed by atoms with Gasteiger partial charge in [-0.3, -0.25) is 0 Å². The van der Waals surface area contributed by atoms with Crippen LogP contribution in [-0.4, -0.2) is 34.4 Å². The van der Waals surface area contributed by atoms with E-state index in [1.807, 2.05) is 0 Å². The molecule has 1 aromatic heterocycles. The standard InChI is InChI=1S/C11H13NO4/c1-16-8-3-2-7(6-12-8)11(4-5-11)9(13)10(14)15/h2-3,6,9,13H,4-5H2,1H3,(H,14,15).